The molecule has 4 N–H and O–H groups in total. The van der Waals surface area contributed by atoms with Gasteiger partial charge in [-0.25, -0.2) is 4.79 Å². The largest absolute Gasteiger partial charge is 0.444 e. The summed E-state index contributed by atoms with van der Waals surface area (Å²) in [7, 11) is 2.07. The molecule has 0 bridgehead atoms. The highest BCUT2D eigenvalue weighted by atomic mass is 16.6. The average Bonchev–Trinajstić information content (AvgIpc) is 2.50. The van der Waals surface area contributed by atoms with E-state index in [0.29, 0.717) is 13.0 Å². The van der Waals surface area contributed by atoms with Crippen LogP contribution < -0.4 is 11.1 Å². The summed E-state index contributed by atoms with van der Waals surface area (Å²) in [5.41, 5.74) is 9.44. The van der Waals surface area contributed by atoms with Crippen LogP contribution in [0.2, 0.25) is 0 Å². The van der Waals surface area contributed by atoms with Gasteiger partial charge in [0.15, 0.2) is 0 Å². The fourth-order valence-electron chi connectivity index (χ4n) is 3.11. The quantitative estimate of drug-likeness (QED) is 0.481. The number of rotatable bonds is 8. The maximum atomic E-state index is 12.0. The molecular weight excluding hydrogens is 339 g/mol. The summed E-state index contributed by atoms with van der Waals surface area (Å²) in [6.45, 7) is 11.8. The third-order valence-electron chi connectivity index (χ3n) is 4.44. The van der Waals surface area contributed by atoms with Crippen molar-refractivity contribution in [2.45, 2.75) is 84.2 Å². The molecule has 6 heteroatoms. The second-order valence-corrected chi connectivity index (χ2v) is 9.06. The molecule has 1 atom stereocenters. The molecule has 0 fully saturated rings. The zero-order valence-corrected chi connectivity index (χ0v) is 18.1. The molecule has 0 saturated heterocycles. The predicted molar refractivity (Wildman–Crippen MR) is 115 cm³/mol. The molecule has 5 nitrogen and oxygen atoms in total. The molecule has 0 spiro atoms. The lowest BCUT2D eigenvalue weighted by Crippen LogP contribution is -2.35. The Morgan fingerprint density at radius 3 is 2.33 bits per heavy atom. The molecule has 0 heterocycles. The zero-order valence-electron chi connectivity index (χ0n) is 18.1. The van der Waals surface area contributed by atoms with Gasteiger partial charge in [0, 0.05) is 12.2 Å². The number of hydrogen-bond donors (Lipinski definition) is 3. The average molecular weight is 376 g/mol. The lowest BCUT2D eigenvalue weighted by atomic mass is 9.76. The minimum atomic E-state index is -0.724. The van der Waals surface area contributed by atoms with Crippen molar-refractivity contribution < 1.29 is 14.6 Å². The molecule has 27 heavy (non-hydrogen) atoms. The van der Waals surface area contributed by atoms with Gasteiger partial charge < -0.3 is 20.9 Å². The highest BCUT2D eigenvalue weighted by Crippen LogP contribution is 2.30. The summed E-state index contributed by atoms with van der Waals surface area (Å²) in [4.78, 5) is 12.0. The molecule has 1 rings (SSSR count). The van der Waals surface area contributed by atoms with Gasteiger partial charge in [-0.05, 0) is 76.4 Å². The van der Waals surface area contributed by atoms with Crippen molar-refractivity contribution in [3.63, 3.8) is 0 Å². The molecule has 1 unspecified atom stereocenters. The van der Waals surface area contributed by atoms with E-state index in [9.17, 15) is 9.90 Å². The van der Waals surface area contributed by atoms with Crippen molar-refractivity contribution >= 4 is 19.6 Å². The van der Waals surface area contributed by atoms with Crippen LogP contribution >= 0.6 is 0 Å². The highest BCUT2D eigenvalue weighted by molar-refractivity contribution is 6.13. The van der Waals surface area contributed by atoms with Gasteiger partial charge in [-0.15, -0.1) is 0 Å². The van der Waals surface area contributed by atoms with Gasteiger partial charge in [0.1, 0.15) is 13.4 Å². The fraction of sp³-hybridized carbons (Fsp3) is 0.667. The highest BCUT2D eigenvalue weighted by Gasteiger charge is 2.21. The zero-order chi connectivity index (χ0) is 20.8. The smallest absolute Gasteiger partial charge is 0.407 e. The first-order valence-corrected chi connectivity index (χ1v) is 9.93. The molecule has 1 amide bonds. The van der Waals surface area contributed by atoms with Gasteiger partial charge in [0.05, 0.1) is 5.60 Å². The third-order valence-corrected chi connectivity index (χ3v) is 4.44. The molecule has 1 aromatic carbocycles. The Labute approximate surface area is 165 Å². The maximum absolute atomic E-state index is 12.0. The summed E-state index contributed by atoms with van der Waals surface area (Å²) < 4.78 is 5.32. The number of nitrogen functional groups attached to an aromatic ring is 1. The lowest BCUT2D eigenvalue weighted by Gasteiger charge is -2.24. The number of aliphatic hydroxyl groups is 1. The summed E-state index contributed by atoms with van der Waals surface area (Å²) in [5, 5.41) is 12.9. The molecule has 0 aromatic heterocycles. The Hall–Kier alpha value is -1.69. The van der Waals surface area contributed by atoms with Crippen LogP contribution in [0.5, 0.6) is 0 Å². The van der Waals surface area contributed by atoms with Gasteiger partial charge in [-0.3, -0.25) is 0 Å². The van der Waals surface area contributed by atoms with Crippen molar-refractivity contribution in [1.29, 1.82) is 0 Å². The molecule has 152 valence electrons. The first kappa shape index (κ1) is 23.4. The van der Waals surface area contributed by atoms with Crippen molar-refractivity contribution in [2.75, 3.05) is 12.3 Å². The van der Waals surface area contributed by atoms with E-state index >= 15 is 0 Å². The number of nitrogens with one attached hydrogen (secondary N) is 1. The van der Waals surface area contributed by atoms with E-state index in [1.165, 1.54) is 5.56 Å². The Bertz CT molecular complexity index is 634. The summed E-state index contributed by atoms with van der Waals surface area (Å²) in [6, 6.07) is 4.21. The second kappa shape index (κ2) is 9.49. The Kier molecular flexibility index (Phi) is 8.21. The molecule has 0 aliphatic heterocycles. The van der Waals surface area contributed by atoms with Crippen molar-refractivity contribution in [2.24, 2.45) is 0 Å². The number of hydrogen-bond acceptors (Lipinski definition) is 4. The van der Waals surface area contributed by atoms with Crippen molar-refractivity contribution in [1.82, 2.24) is 5.32 Å². The minimum absolute atomic E-state index is 0.0705. The van der Waals surface area contributed by atoms with Crippen molar-refractivity contribution in [3.8, 4) is 0 Å². The minimum Gasteiger partial charge on any atom is -0.444 e. The standard InChI is InChI=1S/C21H37BN2O3/c1-7-8-14-9-10-15(11-12-21(5,6)26)18(23)17(14)16(22)13-24-19(25)27-20(2,3)4/h9-10,16,26H,7-8,11-13,22-23H2,1-6H3,(H,24,25). The molecule has 0 aliphatic carbocycles. The Morgan fingerprint density at radius 1 is 1.22 bits per heavy atom. The Morgan fingerprint density at radius 2 is 1.81 bits per heavy atom. The van der Waals surface area contributed by atoms with E-state index in [4.69, 9.17) is 10.5 Å². The summed E-state index contributed by atoms with van der Waals surface area (Å²) >= 11 is 0. The van der Waals surface area contributed by atoms with Crippen LogP contribution in [0.3, 0.4) is 0 Å². The number of carbonyl (C=O) groups is 1. The first-order valence-electron chi connectivity index (χ1n) is 9.93. The van der Waals surface area contributed by atoms with Crippen LogP contribution in [-0.2, 0) is 17.6 Å². The van der Waals surface area contributed by atoms with E-state index in [-0.39, 0.29) is 5.82 Å². The van der Waals surface area contributed by atoms with Gasteiger partial charge in [-0.1, -0.05) is 25.5 Å². The van der Waals surface area contributed by atoms with Crippen LogP contribution in [0.25, 0.3) is 0 Å². The molecule has 0 radical (unpaired) electrons. The number of nitrogens with two attached hydrogens (primary N) is 1. The summed E-state index contributed by atoms with van der Waals surface area (Å²) in [6.07, 6.45) is 2.93. The van der Waals surface area contributed by atoms with Crippen LogP contribution in [0.15, 0.2) is 12.1 Å². The van der Waals surface area contributed by atoms with E-state index in [1.54, 1.807) is 0 Å². The van der Waals surface area contributed by atoms with Gasteiger partial charge in [0.2, 0.25) is 0 Å². The number of carbonyl (C=O) groups excluding carboxylic acids is 1. The first-order chi connectivity index (χ1) is 12.3. The fourth-order valence-corrected chi connectivity index (χ4v) is 3.11. The number of alkyl carbamates (subject to hydrolysis) is 1. The summed E-state index contributed by atoms with van der Waals surface area (Å²) in [5.74, 6) is 0.0705. The molecule has 0 saturated carbocycles. The number of ether oxygens (including phenoxy) is 1. The van der Waals surface area contributed by atoms with E-state index < -0.39 is 17.3 Å². The van der Waals surface area contributed by atoms with Crippen LogP contribution in [-0.4, -0.2) is 36.8 Å². The molecular formula is C21H37BN2O3. The number of anilines is 1. The van der Waals surface area contributed by atoms with Gasteiger partial charge in [0.25, 0.3) is 0 Å². The second-order valence-electron chi connectivity index (χ2n) is 9.06. The van der Waals surface area contributed by atoms with Gasteiger partial charge in [-0.2, -0.15) is 0 Å². The third kappa shape index (κ3) is 8.25. The predicted octanol–water partition coefficient (Wildman–Crippen LogP) is 3.12. The van der Waals surface area contributed by atoms with Crippen LogP contribution in [0, 0.1) is 0 Å². The number of benzene rings is 1. The maximum Gasteiger partial charge on any atom is 0.407 e. The monoisotopic (exact) mass is 376 g/mol. The SMILES string of the molecule is BC(CNC(=O)OC(C)(C)C)c1c(CCC)ccc(CCC(C)(C)O)c1N. The molecule has 1 aromatic rings. The van der Waals surface area contributed by atoms with Gasteiger partial charge >= 0.3 is 6.09 Å². The molecule has 0 aliphatic rings. The van der Waals surface area contributed by atoms with Crippen LogP contribution in [0.4, 0.5) is 10.5 Å². The number of aryl methyl sites for hydroxylation is 2. The van der Waals surface area contributed by atoms with E-state index in [2.05, 4.69) is 32.2 Å². The van der Waals surface area contributed by atoms with Crippen molar-refractivity contribution in [3.05, 3.63) is 28.8 Å². The lowest BCUT2D eigenvalue weighted by molar-refractivity contribution is 0.0527. The topological polar surface area (TPSA) is 84.6 Å². The normalized spacial score (nSPS) is 13.3. The Balaban J connectivity index is 2.98. The number of amides is 1. The van der Waals surface area contributed by atoms with E-state index in [1.807, 2.05) is 34.6 Å². The van der Waals surface area contributed by atoms with E-state index in [0.717, 1.165) is 36.1 Å². The van der Waals surface area contributed by atoms with Crippen LogP contribution in [0.1, 0.15) is 76.9 Å².